The van der Waals surface area contributed by atoms with Gasteiger partial charge >= 0.3 is 5.97 Å². The molecule has 1 aromatic rings. The maximum absolute atomic E-state index is 11.6. The van der Waals surface area contributed by atoms with Gasteiger partial charge in [-0.25, -0.2) is 4.79 Å². The van der Waals surface area contributed by atoms with Crippen molar-refractivity contribution in [3.05, 3.63) is 29.8 Å². The first kappa shape index (κ1) is 13.5. The third-order valence-corrected chi connectivity index (χ3v) is 2.33. The smallest absolute Gasteiger partial charge is 0.369 e. The highest BCUT2D eigenvalue weighted by atomic mass is 16.5. The van der Waals surface area contributed by atoms with Gasteiger partial charge in [-0.1, -0.05) is 19.1 Å². The number of hydrogen-bond donors (Lipinski definition) is 1. The summed E-state index contributed by atoms with van der Waals surface area (Å²) in [5.41, 5.74) is 4.62. The lowest BCUT2D eigenvalue weighted by molar-refractivity contribution is -0.414. The van der Waals surface area contributed by atoms with Crippen LogP contribution < -0.4 is 10.5 Å². The van der Waals surface area contributed by atoms with Crippen molar-refractivity contribution in [2.75, 3.05) is 13.2 Å². The van der Waals surface area contributed by atoms with Gasteiger partial charge in [0.1, 0.15) is 5.75 Å². The number of carbonyl (C=O) groups is 1. The van der Waals surface area contributed by atoms with E-state index in [1.54, 1.807) is 6.92 Å². The van der Waals surface area contributed by atoms with E-state index in [1.807, 2.05) is 31.2 Å². The molecule has 0 aliphatic carbocycles. The van der Waals surface area contributed by atoms with E-state index < -0.39 is 6.04 Å². The molecule has 0 fully saturated rings. The Labute approximate surface area is 102 Å². The van der Waals surface area contributed by atoms with Crippen molar-refractivity contribution in [3.63, 3.8) is 0 Å². The molecule has 4 nitrogen and oxygen atoms in total. The first-order valence-corrected chi connectivity index (χ1v) is 5.92. The molecule has 0 radical (unpaired) electrons. The van der Waals surface area contributed by atoms with Crippen molar-refractivity contribution >= 4 is 5.97 Å². The van der Waals surface area contributed by atoms with E-state index >= 15 is 0 Å². The van der Waals surface area contributed by atoms with E-state index in [1.165, 1.54) is 0 Å². The van der Waals surface area contributed by atoms with Gasteiger partial charge in [0, 0.05) is 0 Å². The third-order valence-electron chi connectivity index (χ3n) is 2.33. The minimum atomic E-state index is -0.539. The molecular formula is C13H20NO3+. The minimum absolute atomic E-state index is 0.319. The van der Waals surface area contributed by atoms with Gasteiger partial charge in [0.2, 0.25) is 6.04 Å². The summed E-state index contributed by atoms with van der Waals surface area (Å²) in [5, 5.41) is 0. The van der Waals surface area contributed by atoms with Crippen LogP contribution in [0.15, 0.2) is 24.3 Å². The van der Waals surface area contributed by atoms with Gasteiger partial charge in [-0.05, 0) is 25.5 Å². The molecule has 1 rings (SSSR count). The van der Waals surface area contributed by atoms with Crippen LogP contribution in [0, 0.1) is 0 Å². The average Bonchev–Trinajstić information content (AvgIpc) is 2.36. The molecule has 0 amide bonds. The highest BCUT2D eigenvalue weighted by Crippen LogP contribution is 2.23. The number of carbonyl (C=O) groups excluding carboxylic acids is 1. The second-order valence-electron chi connectivity index (χ2n) is 3.69. The summed E-state index contributed by atoms with van der Waals surface area (Å²) in [7, 11) is 0. The number of benzene rings is 1. The first-order valence-electron chi connectivity index (χ1n) is 5.92. The second kappa shape index (κ2) is 6.91. The maximum Gasteiger partial charge on any atom is 0.369 e. The molecule has 0 bridgehead atoms. The number of para-hydroxylation sites is 1. The third kappa shape index (κ3) is 3.75. The molecule has 0 aliphatic rings. The van der Waals surface area contributed by atoms with Crippen LogP contribution >= 0.6 is 0 Å². The van der Waals surface area contributed by atoms with Gasteiger partial charge in [-0.2, -0.15) is 0 Å². The van der Waals surface area contributed by atoms with Crippen molar-refractivity contribution in [2.24, 2.45) is 0 Å². The van der Waals surface area contributed by atoms with Crippen molar-refractivity contribution in [3.8, 4) is 5.75 Å². The molecule has 17 heavy (non-hydrogen) atoms. The van der Waals surface area contributed by atoms with Gasteiger partial charge in [-0.3, -0.25) is 0 Å². The Balaban J connectivity index is 2.84. The first-order chi connectivity index (χ1) is 8.20. The zero-order valence-electron chi connectivity index (χ0n) is 10.4. The number of ether oxygens (including phenoxy) is 2. The highest BCUT2D eigenvalue weighted by Gasteiger charge is 2.24. The topological polar surface area (TPSA) is 63.2 Å². The Morgan fingerprint density at radius 1 is 1.35 bits per heavy atom. The van der Waals surface area contributed by atoms with Crippen LogP contribution in [0.4, 0.5) is 0 Å². The Morgan fingerprint density at radius 3 is 2.71 bits per heavy atom. The predicted octanol–water partition coefficient (Wildman–Crippen LogP) is 1.32. The van der Waals surface area contributed by atoms with E-state index in [0.29, 0.717) is 19.0 Å². The summed E-state index contributed by atoms with van der Waals surface area (Å²) in [5.74, 6) is 0.391. The molecule has 94 valence electrons. The zero-order valence-corrected chi connectivity index (χ0v) is 10.4. The molecule has 0 aromatic heterocycles. The Hall–Kier alpha value is -1.55. The van der Waals surface area contributed by atoms with Crippen LogP contribution in [0.5, 0.6) is 5.75 Å². The van der Waals surface area contributed by atoms with E-state index in [9.17, 15) is 4.79 Å². The van der Waals surface area contributed by atoms with Crippen LogP contribution in [-0.2, 0) is 9.53 Å². The molecule has 0 heterocycles. The van der Waals surface area contributed by atoms with Gasteiger partial charge in [0.25, 0.3) is 0 Å². The van der Waals surface area contributed by atoms with Crippen molar-refractivity contribution < 1.29 is 20.0 Å². The Morgan fingerprint density at radius 2 is 2.06 bits per heavy atom. The zero-order chi connectivity index (χ0) is 12.7. The maximum atomic E-state index is 11.6. The van der Waals surface area contributed by atoms with Gasteiger partial charge < -0.3 is 15.2 Å². The normalized spacial score (nSPS) is 11.9. The lowest BCUT2D eigenvalue weighted by Crippen LogP contribution is -2.57. The molecule has 3 N–H and O–H groups in total. The summed E-state index contributed by atoms with van der Waals surface area (Å²) in [6.07, 6.45) is 0.926. The quantitative estimate of drug-likeness (QED) is 0.760. The number of esters is 1. The molecular weight excluding hydrogens is 218 g/mol. The molecule has 0 saturated heterocycles. The standard InChI is InChI=1S/C13H19NO3/c1-3-9-17-11-8-6-5-7-10(11)12(14)13(15)16-4-2/h5-8,12H,3-4,9,14H2,1-2H3/p+1/t12-/m0/s1. The summed E-state index contributed by atoms with van der Waals surface area (Å²) >= 11 is 0. The number of rotatable bonds is 6. The molecule has 0 aliphatic heterocycles. The molecule has 1 aromatic carbocycles. The summed E-state index contributed by atoms with van der Waals surface area (Å²) in [4.78, 5) is 11.6. The van der Waals surface area contributed by atoms with Crippen LogP contribution in [0.3, 0.4) is 0 Å². The average molecular weight is 238 g/mol. The van der Waals surface area contributed by atoms with Crippen LogP contribution in [0.25, 0.3) is 0 Å². The highest BCUT2D eigenvalue weighted by molar-refractivity contribution is 5.76. The van der Waals surface area contributed by atoms with Crippen LogP contribution in [-0.4, -0.2) is 19.2 Å². The lowest BCUT2D eigenvalue weighted by atomic mass is 10.1. The minimum Gasteiger partial charge on any atom is -0.493 e. The SMILES string of the molecule is CCCOc1ccccc1[C@H]([NH3+])C(=O)OCC. The fraction of sp³-hybridized carbons (Fsp3) is 0.462. The Bertz CT molecular complexity index is 365. The van der Waals surface area contributed by atoms with Gasteiger partial charge in [0.05, 0.1) is 18.8 Å². The predicted molar refractivity (Wildman–Crippen MR) is 64.5 cm³/mol. The largest absolute Gasteiger partial charge is 0.493 e. The molecule has 1 atom stereocenters. The molecule has 0 unspecified atom stereocenters. The van der Waals surface area contributed by atoms with E-state index in [4.69, 9.17) is 9.47 Å². The van der Waals surface area contributed by atoms with Crippen molar-refractivity contribution in [1.82, 2.24) is 0 Å². The van der Waals surface area contributed by atoms with Crippen molar-refractivity contribution in [1.29, 1.82) is 0 Å². The molecule has 0 spiro atoms. The van der Waals surface area contributed by atoms with Gasteiger partial charge in [-0.15, -0.1) is 0 Å². The van der Waals surface area contributed by atoms with Crippen LogP contribution in [0.1, 0.15) is 31.9 Å². The summed E-state index contributed by atoms with van der Waals surface area (Å²) in [6.45, 7) is 4.81. The van der Waals surface area contributed by atoms with Crippen LogP contribution in [0.2, 0.25) is 0 Å². The van der Waals surface area contributed by atoms with E-state index in [2.05, 4.69) is 5.73 Å². The monoisotopic (exact) mass is 238 g/mol. The fourth-order valence-corrected chi connectivity index (χ4v) is 1.48. The Kier molecular flexibility index (Phi) is 5.49. The van der Waals surface area contributed by atoms with E-state index in [0.717, 1.165) is 12.0 Å². The number of hydrogen-bond acceptors (Lipinski definition) is 3. The van der Waals surface area contributed by atoms with E-state index in [-0.39, 0.29) is 5.97 Å². The lowest BCUT2D eigenvalue weighted by Gasteiger charge is -2.13. The molecule has 4 heteroatoms. The fourth-order valence-electron chi connectivity index (χ4n) is 1.48. The number of quaternary nitrogens is 1. The summed E-state index contributed by atoms with van der Waals surface area (Å²) < 4.78 is 10.5. The second-order valence-corrected chi connectivity index (χ2v) is 3.69. The molecule has 0 saturated carbocycles. The van der Waals surface area contributed by atoms with Gasteiger partial charge in [0.15, 0.2) is 0 Å². The van der Waals surface area contributed by atoms with Crippen molar-refractivity contribution in [2.45, 2.75) is 26.3 Å². The summed E-state index contributed by atoms with van der Waals surface area (Å²) in [6, 6.07) is 6.91.